The van der Waals surface area contributed by atoms with E-state index < -0.39 is 34.1 Å². The van der Waals surface area contributed by atoms with E-state index in [-0.39, 0.29) is 25.5 Å². The van der Waals surface area contributed by atoms with Gasteiger partial charge in [-0.15, -0.1) is 0 Å². The molecule has 146 valence electrons. The van der Waals surface area contributed by atoms with Crippen LogP contribution in [0.15, 0.2) is 18.2 Å². The summed E-state index contributed by atoms with van der Waals surface area (Å²) in [4.78, 5) is 27.3. The van der Waals surface area contributed by atoms with Crippen molar-refractivity contribution in [2.24, 2.45) is 0 Å². The average molecular weight is 397 g/mol. The SMILES string of the molecule is O=C1COCCN1c1ccc2c(c1)OC[C@@H]1[C@@H](CCS(=O)(=O)[O-])OC(=O)N21. The van der Waals surface area contributed by atoms with Gasteiger partial charge in [-0.25, -0.2) is 13.2 Å². The fourth-order valence-corrected chi connectivity index (χ4v) is 4.01. The summed E-state index contributed by atoms with van der Waals surface area (Å²) in [6.07, 6.45) is -1.44. The molecular formula is C16H17N2O8S-. The first-order chi connectivity index (χ1) is 12.8. The van der Waals surface area contributed by atoms with Gasteiger partial charge >= 0.3 is 6.09 Å². The molecular weight excluding hydrogens is 380 g/mol. The van der Waals surface area contributed by atoms with Crippen LogP contribution in [0.2, 0.25) is 0 Å². The van der Waals surface area contributed by atoms with Crippen molar-refractivity contribution in [3.8, 4) is 5.75 Å². The topological polar surface area (TPSA) is 126 Å². The zero-order chi connectivity index (χ0) is 19.2. The fourth-order valence-electron chi connectivity index (χ4n) is 3.49. The van der Waals surface area contributed by atoms with Gasteiger partial charge in [-0.3, -0.25) is 9.69 Å². The molecule has 0 radical (unpaired) electrons. The summed E-state index contributed by atoms with van der Waals surface area (Å²) in [5.41, 5.74) is 1.12. The first-order valence-electron chi connectivity index (χ1n) is 8.42. The van der Waals surface area contributed by atoms with E-state index in [4.69, 9.17) is 14.2 Å². The van der Waals surface area contributed by atoms with Crippen LogP contribution in [0.25, 0.3) is 0 Å². The molecule has 0 N–H and O–H groups in total. The maximum atomic E-state index is 12.3. The third-order valence-electron chi connectivity index (χ3n) is 4.77. The van der Waals surface area contributed by atoms with Crippen molar-refractivity contribution in [2.45, 2.75) is 18.6 Å². The molecule has 3 heterocycles. The lowest BCUT2D eigenvalue weighted by Crippen LogP contribution is -2.45. The van der Waals surface area contributed by atoms with Crippen molar-refractivity contribution in [2.75, 3.05) is 41.9 Å². The number of fused-ring (bicyclic) bond motifs is 3. The zero-order valence-corrected chi connectivity index (χ0v) is 15.0. The highest BCUT2D eigenvalue weighted by Crippen LogP contribution is 2.41. The van der Waals surface area contributed by atoms with Crippen LogP contribution in [-0.2, 0) is 24.4 Å². The Labute approximate surface area is 155 Å². The molecule has 0 aromatic heterocycles. The van der Waals surface area contributed by atoms with E-state index in [1.54, 1.807) is 23.1 Å². The summed E-state index contributed by atoms with van der Waals surface area (Å²) < 4.78 is 48.7. The lowest BCUT2D eigenvalue weighted by molar-refractivity contribution is -0.125. The second-order valence-corrected chi connectivity index (χ2v) is 7.99. The number of carbonyl (C=O) groups excluding carboxylic acids is 2. The molecule has 0 aliphatic carbocycles. The molecule has 1 aromatic carbocycles. The molecule has 0 spiro atoms. The molecule has 2 saturated heterocycles. The molecule has 0 saturated carbocycles. The molecule has 27 heavy (non-hydrogen) atoms. The highest BCUT2D eigenvalue weighted by Gasteiger charge is 2.46. The monoisotopic (exact) mass is 397 g/mol. The Balaban J connectivity index is 1.57. The highest BCUT2D eigenvalue weighted by molar-refractivity contribution is 7.85. The number of hydrogen-bond acceptors (Lipinski definition) is 8. The largest absolute Gasteiger partial charge is 0.748 e. The molecule has 10 nitrogen and oxygen atoms in total. The van der Waals surface area contributed by atoms with Gasteiger partial charge in [0.2, 0.25) is 0 Å². The second-order valence-electron chi connectivity index (χ2n) is 6.47. The Hall–Kier alpha value is -2.37. The van der Waals surface area contributed by atoms with Crippen molar-refractivity contribution in [1.82, 2.24) is 0 Å². The van der Waals surface area contributed by atoms with Gasteiger partial charge in [-0.05, 0) is 18.6 Å². The van der Waals surface area contributed by atoms with E-state index in [0.29, 0.717) is 30.3 Å². The van der Waals surface area contributed by atoms with Crippen LogP contribution in [0.4, 0.5) is 16.2 Å². The molecule has 2 amide bonds. The molecule has 4 rings (SSSR count). The van der Waals surface area contributed by atoms with Crippen LogP contribution >= 0.6 is 0 Å². The Morgan fingerprint density at radius 3 is 2.81 bits per heavy atom. The standard InChI is InChI=1S/C16H18N2O8S/c19-15-9-24-5-4-17(15)10-1-2-11-14(7-10)25-8-12-13(3-6-27(21,22)23)26-16(20)18(11)12/h1-2,7,12-13H,3-6,8-9H2,(H,21,22,23)/p-1/t12-,13-/m1/s1. The van der Waals surface area contributed by atoms with E-state index in [9.17, 15) is 22.6 Å². The predicted molar refractivity (Wildman–Crippen MR) is 90.8 cm³/mol. The van der Waals surface area contributed by atoms with Gasteiger partial charge in [0.25, 0.3) is 5.91 Å². The fraction of sp³-hybridized carbons (Fsp3) is 0.500. The van der Waals surface area contributed by atoms with Crippen molar-refractivity contribution in [3.05, 3.63) is 18.2 Å². The van der Waals surface area contributed by atoms with Gasteiger partial charge < -0.3 is 23.7 Å². The maximum Gasteiger partial charge on any atom is 0.415 e. The minimum atomic E-state index is -4.40. The lowest BCUT2D eigenvalue weighted by Gasteiger charge is -2.33. The average Bonchev–Trinajstić information content (AvgIpc) is 2.96. The van der Waals surface area contributed by atoms with Crippen LogP contribution in [0, 0.1) is 0 Å². The minimum Gasteiger partial charge on any atom is -0.748 e. The Bertz CT molecular complexity index is 886. The normalized spacial score (nSPS) is 24.9. The maximum absolute atomic E-state index is 12.3. The van der Waals surface area contributed by atoms with E-state index in [1.165, 1.54) is 4.90 Å². The predicted octanol–water partition coefficient (Wildman–Crippen LogP) is 0.0713. The number of morpholine rings is 1. The van der Waals surface area contributed by atoms with Crippen molar-refractivity contribution in [3.63, 3.8) is 0 Å². The van der Waals surface area contributed by atoms with Gasteiger partial charge in [0.1, 0.15) is 31.1 Å². The van der Waals surface area contributed by atoms with Gasteiger partial charge in [-0.1, -0.05) is 0 Å². The number of rotatable bonds is 4. The summed E-state index contributed by atoms with van der Waals surface area (Å²) in [5, 5.41) is 0. The van der Waals surface area contributed by atoms with Crippen molar-refractivity contribution >= 4 is 33.5 Å². The molecule has 2 atom stereocenters. The summed E-state index contributed by atoms with van der Waals surface area (Å²) in [7, 11) is -4.40. The third-order valence-corrected chi connectivity index (χ3v) is 5.51. The first kappa shape index (κ1) is 18.0. The first-order valence-corrected chi connectivity index (χ1v) is 9.99. The number of nitrogens with zero attached hydrogens (tertiary/aromatic N) is 2. The van der Waals surface area contributed by atoms with Crippen LogP contribution < -0.4 is 14.5 Å². The van der Waals surface area contributed by atoms with Crippen LogP contribution in [0.5, 0.6) is 5.75 Å². The highest BCUT2D eigenvalue weighted by atomic mass is 32.2. The van der Waals surface area contributed by atoms with E-state index in [2.05, 4.69) is 0 Å². The molecule has 2 fully saturated rings. The van der Waals surface area contributed by atoms with Gasteiger partial charge in [0.15, 0.2) is 0 Å². The number of cyclic esters (lactones) is 1. The number of amides is 2. The van der Waals surface area contributed by atoms with E-state index >= 15 is 0 Å². The molecule has 3 aliphatic heterocycles. The van der Waals surface area contributed by atoms with Crippen molar-refractivity contribution < 1.29 is 36.8 Å². The smallest absolute Gasteiger partial charge is 0.415 e. The number of carbonyl (C=O) groups is 2. The number of hydrogen-bond donors (Lipinski definition) is 0. The van der Waals surface area contributed by atoms with Gasteiger partial charge in [-0.2, -0.15) is 0 Å². The molecule has 11 heteroatoms. The van der Waals surface area contributed by atoms with Gasteiger partial charge in [0, 0.05) is 24.1 Å². The number of ether oxygens (including phenoxy) is 3. The number of benzene rings is 1. The quantitative estimate of drug-likeness (QED) is 0.654. The Morgan fingerprint density at radius 2 is 2.07 bits per heavy atom. The van der Waals surface area contributed by atoms with Crippen LogP contribution in [-0.4, -0.2) is 69.2 Å². The molecule has 1 aromatic rings. The number of anilines is 2. The van der Waals surface area contributed by atoms with Crippen LogP contribution in [0.1, 0.15) is 6.42 Å². The Morgan fingerprint density at radius 1 is 1.26 bits per heavy atom. The Kier molecular flexibility index (Phi) is 4.44. The summed E-state index contributed by atoms with van der Waals surface area (Å²) >= 11 is 0. The van der Waals surface area contributed by atoms with Crippen molar-refractivity contribution in [1.29, 1.82) is 0 Å². The van der Waals surface area contributed by atoms with E-state index in [0.717, 1.165) is 0 Å². The van der Waals surface area contributed by atoms with Crippen LogP contribution in [0.3, 0.4) is 0 Å². The second kappa shape index (κ2) is 6.66. The molecule has 0 unspecified atom stereocenters. The third kappa shape index (κ3) is 3.45. The summed E-state index contributed by atoms with van der Waals surface area (Å²) in [6.45, 7) is 0.984. The van der Waals surface area contributed by atoms with E-state index in [1.807, 2.05) is 0 Å². The minimum absolute atomic E-state index is 0.0166. The summed E-state index contributed by atoms with van der Waals surface area (Å²) in [5.74, 6) is -0.341. The molecule has 0 bridgehead atoms. The lowest BCUT2D eigenvalue weighted by atomic mass is 10.1. The zero-order valence-electron chi connectivity index (χ0n) is 14.2. The molecule has 3 aliphatic rings. The van der Waals surface area contributed by atoms with Gasteiger partial charge in [0.05, 0.1) is 22.4 Å². The summed E-state index contributed by atoms with van der Waals surface area (Å²) in [6, 6.07) is 4.53.